The fourth-order valence-corrected chi connectivity index (χ4v) is 5.51. The first-order chi connectivity index (χ1) is 12.9. The number of carbonyl (C=O) groups excluding carboxylic acids is 1. The quantitative estimate of drug-likeness (QED) is 0.649. The lowest BCUT2D eigenvalue weighted by Gasteiger charge is -2.33. The first-order valence-corrected chi connectivity index (χ1v) is 11.7. The molecule has 9 heteroatoms. The number of thioether (sulfide) groups is 1. The fourth-order valence-electron chi connectivity index (χ4n) is 3.16. The van der Waals surface area contributed by atoms with Crippen LogP contribution in [0.5, 0.6) is 0 Å². The summed E-state index contributed by atoms with van der Waals surface area (Å²) in [5.74, 6) is 0.640. The van der Waals surface area contributed by atoms with Gasteiger partial charge in [-0.05, 0) is 31.9 Å². The predicted molar refractivity (Wildman–Crippen MR) is 104 cm³/mol. The lowest BCUT2D eigenvalue weighted by Crippen LogP contribution is -2.47. The van der Waals surface area contributed by atoms with E-state index in [0.717, 1.165) is 12.0 Å². The molecular formula is C18H23N3O4S2. The zero-order chi connectivity index (χ0) is 19.4. The number of hydrogen-bond acceptors (Lipinski definition) is 7. The van der Waals surface area contributed by atoms with Gasteiger partial charge in [-0.25, -0.2) is 8.42 Å². The molecule has 1 aromatic carbocycles. The minimum absolute atomic E-state index is 0.0148. The number of sulfone groups is 1. The molecule has 1 aliphatic rings. The summed E-state index contributed by atoms with van der Waals surface area (Å²) in [7, 11) is -3.05. The second-order valence-electron chi connectivity index (χ2n) is 6.64. The van der Waals surface area contributed by atoms with Crippen molar-refractivity contribution < 1.29 is 17.6 Å². The van der Waals surface area contributed by atoms with E-state index in [1.807, 2.05) is 44.2 Å². The second-order valence-corrected chi connectivity index (χ2v) is 9.80. The van der Waals surface area contributed by atoms with E-state index in [1.54, 1.807) is 4.90 Å². The largest absolute Gasteiger partial charge is 0.411 e. The summed E-state index contributed by atoms with van der Waals surface area (Å²) in [6.07, 6.45) is 1.27. The van der Waals surface area contributed by atoms with E-state index in [0.29, 0.717) is 17.5 Å². The van der Waals surface area contributed by atoms with Crippen molar-refractivity contribution in [2.45, 2.75) is 44.0 Å². The first kappa shape index (κ1) is 19.9. The van der Waals surface area contributed by atoms with Crippen LogP contribution in [0.3, 0.4) is 0 Å². The number of hydrogen-bond donors (Lipinski definition) is 0. The lowest BCUT2D eigenvalue weighted by atomic mass is 10.1. The van der Waals surface area contributed by atoms with Gasteiger partial charge in [0.05, 0.1) is 17.3 Å². The van der Waals surface area contributed by atoms with Crippen LogP contribution < -0.4 is 0 Å². The molecular weight excluding hydrogens is 386 g/mol. The topological polar surface area (TPSA) is 93.4 Å². The van der Waals surface area contributed by atoms with Crippen molar-refractivity contribution in [3.05, 3.63) is 30.3 Å². The summed E-state index contributed by atoms with van der Waals surface area (Å²) >= 11 is 1.18. The Morgan fingerprint density at radius 2 is 2.07 bits per heavy atom. The maximum absolute atomic E-state index is 12.8. The molecule has 2 aromatic rings. The third-order valence-corrected chi connectivity index (χ3v) is 7.26. The molecule has 27 heavy (non-hydrogen) atoms. The molecule has 0 radical (unpaired) electrons. The Labute approximate surface area is 163 Å². The Morgan fingerprint density at radius 1 is 1.33 bits per heavy atom. The summed E-state index contributed by atoms with van der Waals surface area (Å²) in [5, 5.41) is 8.33. The highest BCUT2D eigenvalue weighted by molar-refractivity contribution is 7.99. The molecule has 146 valence electrons. The smallest absolute Gasteiger partial charge is 0.277 e. The van der Waals surface area contributed by atoms with Crippen LogP contribution in [0.2, 0.25) is 0 Å². The summed E-state index contributed by atoms with van der Waals surface area (Å²) in [6, 6.07) is 9.15. The number of carbonyl (C=O) groups is 1. The van der Waals surface area contributed by atoms with Gasteiger partial charge in [0.1, 0.15) is 0 Å². The van der Waals surface area contributed by atoms with Crippen LogP contribution in [0.25, 0.3) is 11.5 Å². The zero-order valence-electron chi connectivity index (χ0n) is 15.4. The van der Waals surface area contributed by atoms with Crippen molar-refractivity contribution >= 4 is 27.5 Å². The van der Waals surface area contributed by atoms with Crippen LogP contribution in [0.15, 0.2) is 40.0 Å². The molecule has 2 atom stereocenters. The minimum atomic E-state index is -3.05. The molecule has 0 spiro atoms. The summed E-state index contributed by atoms with van der Waals surface area (Å²) in [5.41, 5.74) is 0.820. The molecule has 1 saturated heterocycles. The van der Waals surface area contributed by atoms with Gasteiger partial charge in [-0.1, -0.05) is 36.9 Å². The fraction of sp³-hybridized carbons (Fsp3) is 0.500. The molecule has 1 amide bonds. The van der Waals surface area contributed by atoms with Crippen molar-refractivity contribution in [1.29, 1.82) is 0 Å². The van der Waals surface area contributed by atoms with Gasteiger partial charge in [0.15, 0.2) is 9.84 Å². The number of amides is 1. The molecule has 0 unspecified atom stereocenters. The molecule has 0 saturated carbocycles. The number of rotatable bonds is 7. The molecule has 3 rings (SSSR count). The normalized spacial score (nSPS) is 19.7. The third-order valence-electron chi connectivity index (χ3n) is 4.70. The van der Waals surface area contributed by atoms with Gasteiger partial charge in [-0.15, -0.1) is 10.2 Å². The molecule has 0 aliphatic carbocycles. The van der Waals surface area contributed by atoms with Gasteiger partial charge in [0.2, 0.25) is 11.8 Å². The maximum atomic E-state index is 12.8. The van der Waals surface area contributed by atoms with Crippen LogP contribution in [-0.4, -0.2) is 58.8 Å². The van der Waals surface area contributed by atoms with Crippen LogP contribution >= 0.6 is 11.8 Å². The average Bonchev–Trinajstić information content (AvgIpc) is 3.27. The van der Waals surface area contributed by atoms with Crippen molar-refractivity contribution in [3.8, 4) is 11.5 Å². The molecule has 1 aromatic heterocycles. The number of aromatic nitrogens is 2. The highest BCUT2D eigenvalue weighted by Crippen LogP contribution is 2.26. The molecule has 1 fully saturated rings. The second kappa shape index (κ2) is 8.43. The van der Waals surface area contributed by atoms with Gasteiger partial charge >= 0.3 is 0 Å². The minimum Gasteiger partial charge on any atom is -0.411 e. The van der Waals surface area contributed by atoms with E-state index in [2.05, 4.69) is 10.2 Å². The van der Waals surface area contributed by atoms with Crippen molar-refractivity contribution in [2.75, 3.05) is 17.3 Å². The van der Waals surface area contributed by atoms with Gasteiger partial charge in [0.25, 0.3) is 5.22 Å². The Morgan fingerprint density at radius 3 is 2.70 bits per heavy atom. The monoisotopic (exact) mass is 409 g/mol. The van der Waals surface area contributed by atoms with E-state index in [9.17, 15) is 13.2 Å². The Hall–Kier alpha value is -1.87. The van der Waals surface area contributed by atoms with Gasteiger partial charge in [0, 0.05) is 17.6 Å². The van der Waals surface area contributed by atoms with Crippen LogP contribution in [0.4, 0.5) is 0 Å². The number of nitrogens with zero attached hydrogens (tertiary/aromatic N) is 3. The van der Waals surface area contributed by atoms with Crippen molar-refractivity contribution in [1.82, 2.24) is 15.1 Å². The van der Waals surface area contributed by atoms with Crippen molar-refractivity contribution in [2.24, 2.45) is 0 Å². The van der Waals surface area contributed by atoms with Gasteiger partial charge < -0.3 is 9.32 Å². The van der Waals surface area contributed by atoms with E-state index in [4.69, 9.17) is 4.42 Å². The highest BCUT2D eigenvalue weighted by Gasteiger charge is 2.36. The zero-order valence-corrected chi connectivity index (χ0v) is 17.0. The predicted octanol–water partition coefficient (Wildman–Crippen LogP) is 2.64. The highest BCUT2D eigenvalue weighted by atomic mass is 32.2. The van der Waals surface area contributed by atoms with Crippen LogP contribution in [0.1, 0.15) is 26.7 Å². The summed E-state index contributed by atoms with van der Waals surface area (Å²) in [4.78, 5) is 14.5. The van der Waals surface area contributed by atoms with Gasteiger partial charge in [-0.3, -0.25) is 4.79 Å². The Kier molecular flexibility index (Phi) is 6.21. The molecule has 0 bridgehead atoms. The Balaban J connectivity index is 1.65. The summed E-state index contributed by atoms with van der Waals surface area (Å²) < 4.78 is 29.3. The molecule has 0 N–H and O–H groups in total. The van der Waals surface area contributed by atoms with Gasteiger partial charge in [-0.2, -0.15) is 0 Å². The molecule has 1 aliphatic heterocycles. The lowest BCUT2D eigenvalue weighted by molar-refractivity contribution is -0.132. The first-order valence-electron chi connectivity index (χ1n) is 8.93. The third kappa shape index (κ3) is 4.90. The van der Waals surface area contributed by atoms with Crippen LogP contribution in [-0.2, 0) is 14.6 Å². The Bertz CT molecular complexity index is 883. The SMILES string of the molecule is CC[C@@H](C)N(C(=O)CSc1nnc(-c2ccccc2)o1)[C@@H]1CCS(=O)(=O)C1. The maximum Gasteiger partial charge on any atom is 0.277 e. The standard InChI is InChI=1S/C18H23N3O4S2/c1-3-13(2)21(15-9-10-27(23,24)12-15)16(22)11-26-18-20-19-17(25-18)14-7-5-4-6-8-14/h4-8,13,15H,3,9-12H2,1-2H3/t13-,15-/m1/s1. The summed E-state index contributed by atoms with van der Waals surface area (Å²) in [6.45, 7) is 3.94. The van der Waals surface area contributed by atoms with E-state index < -0.39 is 9.84 Å². The number of benzene rings is 1. The van der Waals surface area contributed by atoms with Crippen LogP contribution in [0, 0.1) is 0 Å². The van der Waals surface area contributed by atoms with E-state index in [1.165, 1.54) is 11.8 Å². The van der Waals surface area contributed by atoms with E-state index >= 15 is 0 Å². The molecule has 7 nitrogen and oxygen atoms in total. The van der Waals surface area contributed by atoms with E-state index in [-0.39, 0.29) is 35.2 Å². The average molecular weight is 410 g/mol. The van der Waals surface area contributed by atoms with Crippen molar-refractivity contribution in [3.63, 3.8) is 0 Å². The molecule has 2 heterocycles.